The number of amides is 1. The second kappa shape index (κ2) is 8.37. The first kappa shape index (κ1) is 19.0. The molecule has 2 aromatic carbocycles. The summed E-state index contributed by atoms with van der Waals surface area (Å²) in [5.74, 6) is 1.59. The van der Waals surface area contributed by atoms with Gasteiger partial charge in [-0.25, -0.2) is 4.98 Å². The van der Waals surface area contributed by atoms with Crippen LogP contribution in [0.25, 0.3) is 11.0 Å². The summed E-state index contributed by atoms with van der Waals surface area (Å²) in [6.07, 6.45) is 0. The summed E-state index contributed by atoms with van der Waals surface area (Å²) in [6.45, 7) is 4.67. The Balaban J connectivity index is 1.43. The number of thioether (sulfide) groups is 1. The summed E-state index contributed by atoms with van der Waals surface area (Å²) in [6, 6.07) is 18.5. The SMILES string of the molecule is CC(SCC(=O)N1CCN(C)CC1c1ccccc1)c1nc2ccccc2[nH]1. The van der Waals surface area contributed by atoms with Crippen LogP contribution >= 0.6 is 11.8 Å². The number of likely N-dealkylation sites (N-methyl/N-ethyl adjacent to an activating group) is 1. The molecule has 4 rings (SSSR count). The lowest BCUT2D eigenvalue weighted by Crippen LogP contribution is -2.49. The Hall–Kier alpha value is -2.31. The molecule has 1 fully saturated rings. The molecule has 1 aromatic heterocycles. The fraction of sp³-hybridized carbons (Fsp3) is 0.364. The quantitative estimate of drug-likeness (QED) is 0.714. The largest absolute Gasteiger partial charge is 0.341 e. The van der Waals surface area contributed by atoms with Crippen molar-refractivity contribution in [3.63, 3.8) is 0 Å². The highest BCUT2D eigenvalue weighted by molar-refractivity contribution is 8.00. The second-order valence-corrected chi connectivity index (χ2v) is 8.70. The average Bonchev–Trinajstić information content (AvgIpc) is 3.17. The fourth-order valence-electron chi connectivity index (χ4n) is 3.70. The zero-order valence-corrected chi connectivity index (χ0v) is 17.2. The van der Waals surface area contributed by atoms with Crippen LogP contribution < -0.4 is 0 Å². The molecule has 1 amide bonds. The van der Waals surface area contributed by atoms with Gasteiger partial charge in [0.15, 0.2) is 0 Å². The van der Waals surface area contributed by atoms with E-state index in [2.05, 4.69) is 41.0 Å². The topological polar surface area (TPSA) is 52.2 Å². The number of piperazine rings is 1. The predicted octanol–water partition coefficient (Wildman–Crippen LogP) is 3.87. The van der Waals surface area contributed by atoms with Crippen LogP contribution in [0.3, 0.4) is 0 Å². The number of rotatable bonds is 5. The molecular formula is C22H26N4OS. The highest BCUT2D eigenvalue weighted by Crippen LogP contribution is 2.30. The number of carbonyl (C=O) groups excluding carboxylic acids is 1. The third-order valence-corrected chi connectivity index (χ3v) is 6.47. The van der Waals surface area contributed by atoms with Crippen molar-refractivity contribution in [2.24, 2.45) is 0 Å². The Morgan fingerprint density at radius 2 is 1.93 bits per heavy atom. The summed E-state index contributed by atoms with van der Waals surface area (Å²) in [5.41, 5.74) is 3.22. The van der Waals surface area contributed by atoms with Gasteiger partial charge in [0, 0.05) is 19.6 Å². The van der Waals surface area contributed by atoms with Crippen molar-refractivity contribution in [1.82, 2.24) is 19.8 Å². The van der Waals surface area contributed by atoms with Gasteiger partial charge >= 0.3 is 0 Å². The van der Waals surface area contributed by atoms with Crippen molar-refractivity contribution in [1.29, 1.82) is 0 Å². The molecule has 0 bridgehead atoms. The number of carbonyl (C=O) groups is 1. The van der Waals surface area contributed by atoms with E-state index in [4.69, 9.17) is 0 Å². The number of para-hydroxylation sites is 2. The van der Waals surface area contributed by atoms with Gasteiger partial charge in [-0.3, -0.25) is 4.79 Å². The molecule has 2 unspecified atom stereocenters. The molecule has 0 radical (unpaired) electrons. The van der Waals surface area contributed by atoms with Crippen LogP contribution in [0.2, 0.25) is 0 Å². The summed E-state index contributed by atoms with van der Waals surface area (Å²) < 4.78 is 0. The predicted molar refractivity (Wildman–Crippen MR) is 115 cm³/mol. The molecule has 1 saturated heterocycles. The first-order valence-corrected chi connectivity index (χ1v) is 10.8. The Morgan fingerprint density at radius 1 is 1.18 bits per heavy atom. The highest BCUT2D eigenvalue weighted by atomic mass is 32.2. The van der Waals surface area contributed by atoms with Gasteiger partial charge < -0.3 is 14.8 Å². The molecule has 0 saturated carbocycles. The molecule has 2 atom stereocenters. The number of nitrogens with zero attached hydrogens (tertiary/aromatic N) is 3. The lowest BCUT2D eigenvalue weighted by molar-refractivity contribution is -0.133. The molecule has 6 heteroatoms. The number of benzene rings is 2. The molecule has 5 nitrogen and oxygen atoms in total. The van der Waals surface area contributed by atoms with E-state index in [1.165, 1.54) is 5.56 Å². The third-order valence-electron chi connectivity index (χ3n) is 5.34. The molecule has 0 aliphatic carbocycles. The number of fused-ring (bicyclic) bond motifs is 1. The first-order chi connectivity index (χ1) is 13.6. The molecular weight excluding hydrogens is 368 g/mol. The number of hydrogen-bond acceptors (Lipinski definition) is 4. The second-order valence-electron chi connectivity index (χ2n) is 7.37. The van der Waals surface area contributed by atoms with Gasteiger partial charge in [0.2, 0.25) is 5.91 Å². The van der Waals surface area contributed by atoms with Crippen LogP contribution in [0, 0.1) is 0 Å². The Kier molecular flexibility index (Phi) is 5.69. The summed E-state index contributed by atoms with van der Waals surface area (Å²) in [7, 11) is 2.12. The van der Waals surface area contributed by atoms with Gasteiger partial charge in [0.25, 0.3) is 0 Å². The van der Waals surface area contributed by atoms with Gasteiger partial charge in [0.1, 0.15) is 5.82 Å². The average molecular weight is 395 g/mol. The maximum atomic E-state index is 13.1. The zero-order chi connectivity index (χ0) is 19.5. The lowest BCUT2D eigenvalue weighted by Gasteiger charge is -2.40. The number of aromatic nitrogens is 2. The van der Waals surface area contributed by atoms with Gasteiger partial charge in [0.05, 0.1) is 28.1 Å². The van der Waals surface area contributed by atoms with Crippen molar-refractivity contribution in [2.75, 3.05) is 32.4 Å². The summed E-state index contributed by atoms with van der Waals surface area (Å²) >= 11 is 1.65. The van der Waals surface area contributed by atoms with E-state index in [-0.39, 0.29) is 17.2 Å². The molecule has 1 aliphatic heterocycles. The minimum absolute atomic E-state index is 0.120. The fourth-order valence-corrected chi connectivity index (χ4v) is 4.53. The van der Waals surface area contributed by atoms with E-state index in [9.17, 15) is 4.79 Å². The van der Waals surface area contributed by atoms with Crippen molar-refractivity contribution in [3.8, 4) is 0 Å². The van der Waals surface area contributed by atoms with Gasteiger partial charge in [-0.1, -0.05) is 42.5 Å². The van der Waals surface area contributed by atoms with Crippen LogP contribution in [-0.2, 0) is 4.79 Å². The van der Waals surface area contributed by atoms with Gasteiger partial charge in [-0.2, -0.15) is 0 Å². The number of aromatic amines is 1. The number of nitrogens with one attached hydrogen (secondary N) is 1. The summed E-state index contributed by atoms with van der Waals surface area (Å²) in [4.78, 5) is 25.4. The smallest absolute Gasteiger partial charge is 0.233 e. The van der Waals surface area contributed by atoms with Crippen molar-refractivity contribution >= 4 is 28.7 Å². The molecule has 2 heterocycles. The maximum Gasteiger partial charge on any atom is 0.233 e. The zero-order valence-electron chi connectivity index (χ0n) is 16.3. The molecule has 0 spiro atoms. The number of imidazole rings is 1. The highest BCUT2D eigenvalue weighted by Gasteiger charge is 2.30. The van der Waals surface area contributed by atoms with Crippen LogP contribution in [0.15, 0.2) is 54.6 Å². The monoisotopic (exact) mass is 394 g/mol. The number of H-pyrrole nitrogens is 1. The van der Waals surface area contributed by atoms with E-state index in [0.29, 0.717) is 5.75 Å². The molecule has 28 heavy (non-hydrogen) atoms. The first-order valence-electron chi connectivity index (χ1n) is 9.71. The lowest BCUT2D eigenvalue weighted by atomic mass is 10.0. The Labute approximate surface area is 170 Å². The van der Waals surface area contributed by atoms with E-state index >= 15 is 0 Å². The van der Waals surface area contributed by atoms with Crippen LogP contribution in [0.5, 0.6) is 0 Å². The summed E-state index contributed by atoms with van der Waals surface area (Å²) in [5, 5.41) is 0.138. The maximum absolute atomic E-state index is 13.1. The van der Waals surface area contributed by atoms with E-state index in [1.54, 1.807) is 11.8 Å². The van der Waals surface area contributed by atoms with Crippen molar-refractivity contribution in [2.45, 2.75) is 18.2 Å². The van der Waals surface area contributed by atoms with Crippen LogP contribution in [0.4, 0.5) is 0 Å². The van der Waals surface area contributed by atoms with E-state index in [1.807, 2.05) is 47.4 Å². The Bertz CT molecular complexity index is 909. The Morgan fingerprint density at radius 3 is 2.71 bits per heavy atom. The van der Waals surface area contributed by atoms with Crippen molar-refractivity contribution in [3.05, 3.63) is 66.0 Å². The van der Waals surface area contributed by atoms with Crippen LogP contribution in [-0.4, -0.2) is 58.1 Å². The number of hydrogen-bond donors (Lipinski definition) is 1. The van der Waals surface area contributed by atoms with E-state index in [0.717, 1.165) is 36.5 Å². The molecule has 3 aromatic rings. The van der Waals surface area contributed by atoms with Gasteiger partial charge in [-0.05, 0) is 31.7 Å². The molecule has 146 valence electrons. The molecule has 1 aliphatic rings. The van der Waals surface area contributed by atoms with E-state index < -0.39 is 0 Å². The normalized spacial score (nSPS) is 19.1. The minimum Gasteiger partial charge on any atom is -0.341 e. The third kappa shape index (κ3) is 4.08. The standard InChI is InChI=1S/C22H26N4OS/c1-16(22-23-18-10-6-7-11-19(18)24-22)28-15-21(27)26-13-12-25(2)14-20(26)17-8-4-3-5-9-17/h3-11,16,20H,12-15H2,1-2H3,(H,23,24). The van der Waals surface area contributed by atoms with Crippen molar-refractivity contribution < 1.29 is 4.79 Å². The molecule has 1 N–H and O–H groups in total. The van der Waals surface area contributed by atoms with Crippen LogP contribution in [0.1, 0.15) is 29.6 Å². The van der Waals surface area contributed by atoms with Gasteiger partial charge in [-0.15, -0.1) is 11.8 Å². The minimum atomic E-state index is 0.120.